The van der Waals surface area contributed by atoms with Gasteiger partial charge in [0.2, 0.25) is 5.89 Å². The normalized spacial score (nSPS) is 11.2. The van der Waals surface area contributed by atoms with Gasteiger partial charge >= 0.3 is 0 Å². The lowest BCUT2D eigenvalue weighted by atomic mass is 10.2. The van der Waals surface area contributed by atoms with Crippen molar-refractivity contribution in [3.63, 3.8) is 0 Å². The second-order valence-corrected chi connectivity index (χ2v) is 5.67. The maximum absolute atomic E-state index is 13.9. The molecule has 108 valence electrons. The second-order valence-electron chi connectivity index (χ2n) is 4.81. The first-order chi connectivity index (χ1) is 9.58. The molecule has 1 heterocycles. The van der Waals surface area contributed by atoms with Gasteiger partial charge in [0, 0.05) is 12.5 Å². The fourth-order valence-corrected chi connectivity index (χ4v) is 2.13. The van der Waals surface area contributed by atoms with Crippen molar-refractivity contribution in [2.75, 3.05) is 6.54 Å². The van der Waals surface area contributed by atoms with E-state index in [1.54, 1.807) is 18.2 Å². The summed E-state index contributed by atoms with van der Waals surface area (Å²) in [5, 5.41) is 11.2. The van der Waals surface area contributed by atoms with E-state index >= 15 is 0 Å². The molecule has 0 aliphatic carbocycles. The van der Waals surface area contributed by atoms with Crippen LogP contribution in [0.3, 0.4) is 0 Å². The quantitative estimate of drug-likeness (QED) is 0.816. The number of rotatable bonds is 6. The molecule has 2 aromatic rings. The second kappa shape index (κ2) is 6.95. The number of hydrogen-bond acceptors (Lipinski definition) is 4. The Balaban J connectivity index is 2.00. The van der Waals surface area contributed by atoms with E-state index in [9.17, 15) is 4.39 Å². The van der Waals surface area contributed by atoms with E-state index in [4.69, 9.17) is 4.42 Å². The maximum Gasteiger partial charge on any atom is 0.250 e. The molecule has 0 radical (unpaired) electrons. The van der Waals surface area contributed by atoms with Gasteiger partial charge in [0.05, 0.1) is 10.0 Å². The Hall–Kier alpha value is -1.27. The molecule has 1 aromatic carbocycles. The first kappa shape index (κ1) is 15.1. The van der Waals surface area contributed by atoms with Gasteiger partial charge in [0.15, 0.2) is 0 Å². The standard InChI is InChI=1S/C14H17BrFN3O/c1-9(2)17-8-4-7-12-18-19-14(20-12)10-5-3-6-11(15)13(10)16/h3,5-6,9,17H,4,7-8H2,1-2H3. The van der Waals surface area contributed by atoms with Gasteiger partial charge in [-0.05, 0) is 41.0 Å². The topological polar surface area (TPSA) is 51.0 Å². The third-order valence-electron chi connectivity index (χ3n) is 2.77. The minimum atomic E-state index is -0.385. The molecule has 0 spiro atoms. The van der Waals surface area contributed by atoms with E-state index in [2.05, 4.69) is 45.3 Å². The number of nitrogens with zero attached hydrogens (tertiary/aromatic N) is 2. The van der Waals surface area contributed by atoms with Crippen LogP contribution in [-0.2, 0) is 6.42 Å². The van der Waals surface area contributed by atoms with Gasteiger partial charge in [0.25, 0.3) is 5.89 Å². The highest BCUT2D eigenvalue weighted by Gasteiger charge is 2.14. The highest BCUT2D eigenvalue weighted by atomic mass is 79.9. The summed E-state index contributed by atoms with van der Waals surface area (Å²) < 4.78 is 19.8. The molecule has 4 nitrogen and oxygen atoms in total. The molecule has 0 aliphatic heterocycles. The van der Waals surface area contributed by atoms with Crippen molar-refractivity contribution in [2.45, 2.75) is 32.7 Å². The number of aryl methyl sites for hydroxylation is 1. The smallest absolute Gasteiger partial charge is 0.250 e. The summed E-state index contributed by atoms with van der Waals surface area (Å²) >= 11 is 3.14. The lowest BCUT2D eigenvalue weighted by Crippen LogP contribution is -2.23. The molecule has 0 bridgehead atoms. The van der Waals surface area contributed by atoms with Gasteiger partial charge in [-0.3, -0.25) is 0 Å². The van der Waals surface area contributed by atoms with E-state index in [1.165, 1.54) is 0 Å². The number of hydrogen-bond donors (Lipinski definition) is 1. The van der Waals surface area contributed by atoms with Crippen molar-refractivity contribution in [1.82, 2.24) is 15.5 Å². The van der Waals surface area contributed by atoms with Crippen molar-refractivity contribution in [3.8, 4) is 11.5 Å². The summed E-state index contributed by atoms with van der Waals surface area (Å²) in [6, 6.07) is 5.45. The summed E-state index contributed by atoms with van der Waals surface area (Å²) in [5.41, 5.74) is 0.318. The monoisotopic (exact) mass is 341 g/mol. The van der Waals surface area contributed by atoms with E-state index in [0.717, 1.165) is 13.0 Å². The average Bonchev–Trinajstić information content (AvgIpc) is 2.86. The molecule has 0 unspecified atom stereocenters. The minimum absolute atomic E-state index is 0.218. The summed E-state index contributed by atoms with van der Waals surface area (Å²) in [7, 11) is 0. The highest BCUT2D eigenvalue weighted by Crippen LogP contribution is 2.26. The largest absolute Gasteiger partial charge is 0.421 e. The molecule has 1 aromatic heterocycles. The van der Waals surface area contributed by atoms with Gasteiger partial charge in [-0.15, -0.1) is 10.2 Å². The number of halogens is 2. The molecule has 20 heavy (non-hydrogen) atoms. The van der Waals surface area contributed by atoms with Gasteiger partial charge in [-0.1, -0.05) is 19.9 Å². The van der Waals surface area contributed by atoms with Gasteiger partial charge < -0.3 is 9.73 Å². The van der Waals surface area contributed by atoms with Crippen LogP contribution in [-0.4, -0.2) is 22.8 Å². The number of benzene rings is 1. The van der Waals surface area contributed by atoms with Crippen molar-refractivity contribution in [3.05, 3.63) is 34.4 Å². The van der Waals surface area contributed by atoms with Gasteiger partial charge in [-0.25, -0.2) is 4.39 Å². The van der Waals surface area contributed by atoms with Crippen LogP contribution in [0.1, 0.15) is 26.2 Å². The molecule has 0 aliphatic rings. The molecule has 0 saturated heterocycles. The van der Waals surface area contributed by atoms with Crippen LogP contribution in [0, 0.1) is 5.82 Å². The maximum atomic E-state index is 13.9. The van der Waals surface area contributed by atoms with Crippen LogP contribution in [0.15, 0.2) is 27.1 Å². The highest BCUT2D eigenvalue weighted by molar-refractivity contribution is 9.10. The molecular formula is C14H17BrFN3O. The van der Waals surface area contributed by atoms with Crippen LogP contribution in [0.4, 0.5) is 4.39 Å². The first-order valence-electron chi connectivity index (χ1n) is 6.58. The third-order valence-corrected chi connectivity index (χ3v) is 3.38. The van der Waals surface area contributed by atoms with Crippen LogP contribution < -0.4 is 5.32 Å². The lowest BCUT2D eigenvalue weighted by Gasteiger charge is -2.05. The number of nitrogens with one attached hydrogen (secondary N) is 1. The van der Waals surface area contributed by atoms with Crippen LogP contribution in [0.5, 0.6) is 0 Å². The predicted molar refractivity (Wildman–Crippen MR) is 78.9 cm³/mol. The zero-order chi connectivity index (χ0) is 14.5. The van der Waals surface area contributed by atoms with Crippen LogP contribution >= 0.6 is 15.9 Å². The van der Waals surface area contributed by atoms with Crippen molar-refractivity contribution in [1.29, 1.82) is 0 Å². The molecular weight excluding hydrogens is 325 g/mol. The molecule has 0 amide bonds. The Bertz CT molecular complexity index is 571. The van der Waals surface area contributed by atoms with E-state index in [-0.39, 0.29) is 11.7 Å². The number of aromatic nitrogens is 2. The van der Waals surface area contributed by atoms with Gasteiger partial charge in [-0.2, -0.15) is 0 Å². The SMILES string of the molecule is CC(C)NCCCc1nnc(-c2cccc(Br)c2F)o1. The third kappa shape index (κ3) is 3.86. The summed E-state index contributed by atoms with van der Waals surface area (Å²) in [5.74, 6) is 0.365. The molecule has 0 atom stereocenters. The van der Waals surface area contributed by atoms with Crippen molar-refractivity contribution in [2.24, 2.45) is 0 Å². The Kier molecular flexibility index (Phi) is 5.25. The van der Waals surface area contributed by atoms with Crippen LogP contribution in [0.25, 0.3) is 11.5 Å². The summed E-state index contributed by atoms with van der Waals surface area (Å²) in [4.78, 5) is 0. The summed E-state index contributed by atoms with van der Waals surface area (Å²) in [6.45, 7) is 5.09. The zero-order valence-corrected chi connectivity index (χ0v) is 13.1. The Morgan fingerprint density at radius 2 is 2.15 bits per heavy atom. The van der Waals surface area contributed by atoms with Crippen molar-refractivity contribution < 1.29 is 8.81 Å². The predicted octanol–water partition coefficient (Wildman–Crippen LogP) is 3.57. The lowest BCUT2D eigenvalue weighted by molar-refractivity contribution is 0.481. The first-order valence-corrected chi connectivity index (χ1v) is 7.37. The average molecular weight is 342 g/mol. The molecule has 6 heteroatoms. The molecule has 1 N–H and O–H groups in total. The minimum Gasteiger partial charge on any atom is -0.421 e. The molecule has 2 rings (SSSR count). The fraction of sp³-hybridized carbons (Fsp3) is 0.429. The van der Waals surface area contributed by atoms with E-state index < -0.39 is 0 Å². The zero-order valence-electron chi connectivity index (χ0n) is 11.5. The summed E-state index contributed by atoms with van der Waals surface area (Å²) in [6.07, 6.45) is 1.59. The Morgan fingerprint density at radius 3 is 2.90 bits per heavy atom. The Morgan fingerprint density at radius 1 is 1.35 bits per heavy atom. The van der Waals surface area contributed by atoms with Gasteiger partial charge in [0.1, 0.15) is 5.82 Å². The van der Waals surface area contributed by atoms with Crippen molar-refractivity contribution >= 4 is 15.9 Å². The Labute approximate surface area is 125 Å². The van der Waals surface area contributed by atoms with E-state index in [0.29, 0.717) is 28.4 Å². The fourth-order valence-electron chi connectivity index (χ4n) is 1.76. The van der Waals surface area contributed by atoms with Crippen LogP contribution in [0.2, 0.25) is 0 Å². The van der Waals surface area contributed by atoms with E-state index in [1.807, 2.05) is 0 Å². The molecule has 0 fully saturated rings. The molecule has 0 saturated carbocycles.